The zero-order valence-electron chi connectivity index (χ0n) is 11.3. The largest absolute Gasteiger partial charge is 0.488 e. The van der Waals surface area contributed by atoms with Crippen LogP contribution >= 0.6 is 0 Å². The molecular formula is C13H23N3O2. The van der Waals surface area contributed by atoms with Gasteiger partial charge in [-0.25, -0.2) is 0 Å². The molecule has 1 saturated heterocycles. The maximum absolute atomic E-state index is 5.73. The second-order valence-electron chi connectivity index (χ2n) is 4.64. The van der Waals surface area contributed by atoms with E-state index in [4.69, 9.17) is 9.47 Å². The summed E-state index contributed by atoms with van der Waals surface area (Å²) in [4.78, 5) is 2.39. The summed E-state index contributed by atoms with van der Waals surface area (Å²) >= 11 is 0. The Hall–Kier alpha value is -1.07. The summed E-state index contributed by atoms with van der Waals surface area (Å²) in [6.07, 6.45) is 4.98. The molecule has 1 aromatic rings. The summed E-state index contributed by atoms with van der Waals surface area (Å²) in [5.41, 5.74) is 0. The lowest BCUT2D eigenvalue weighted by atomic mass is 10.3. The standard InChI is InChI=1S/C13H23N3O2/c1-3-5-16-10-12(8-14-16)18-11-13-9-15(4-2)6-7-17-13/h8,10,13H,3-7,9,11H2,1-2H3. The average molecular weight is 253 g/mol. The number of hydrogen-bond acceptors (Lipinski definition) is 4. The molecule has 1 aliphatic heterocycles. The van der Waals surface area contributed by atoms with Gasteiger partial charge in [0.25, 0.3) is 0 Å². The zero-order valence-corrected chi connectivity index (χ0v) is 11.3. The SMILES string of the molecule is CCCn1cc(OCC2CN(CC)CCO2)cn1. The minimum Gasteiger partial charge on any atom is -0.488 e. The second-order valence-corrected chi connectivity index (χ2v) is 4.64. The quantitative estimate of drug-likeness (QED) is 0.768. The van der Waals surface area contributed by atoms with Gasteiger partial charge in [-0.2, -0.15) is 5.10 Å². The highest BCUT2D eigenvalue weighted by molar-refractivity contribution is 5.11. The predicted molar refractivity (Wildman–Crippen MR) is 69.9 cm³/mol. The van der Waals surface area contributed by atoms with Crippen LogP contribution < -0.4 is 4.74 Å². The van der Waals surface area contributed by atoms with Crippen molar-refractivity contribution in [2.75, 3.05) is 32.8 Å². The molecule has 18 heavy (non-hydrogen) atoms. The molecule has 5 heteroatoms. The van der Waals surface area contributed by atoms with E-state index in [2.05, 4.69) is 23.8 Å². The Morgan fingerprint density at radius 2 is 2.39 bits per heavy atom. The van der Waals surface area contributed by atoms with Crippen LogP contribution in [0.3, 0.4) is 0 Å². The van der Waals surface area contributed by atoms with Gasteiger partial charge in [0.1, 0.15) is 12.7 Å². The molecule has 0 spiro atoms. The van der Waals surface area contributed by atoms with Gasteiger partial charge in [-0.1, -0.05) is 13.8 Å². The maximum atomic E-state index is 5.73. The number of aromatic nitrogens is 2. The summed E-state index contributed by atoms with van der Waals surface area (Å²) in [6, 6.07) is 0. The molecule has 2 rings (SSSR count). The number of morpholine rings is 1. The van der Waals surface area contributed by atoms with Gasteiger partial charge < -0.3 is 9.47 Å². The van der Waals surface area contributed by atoms with Gasteiger partial charge in [-0.15, -0.1) is 0 Å². The van der Waals surface area contributed by atoms with Gasteiger partial charge >= 0.3 is 0 Å². The third kappa shape index (κ3) is 3.71. The first-order valence-electron chi connectivity index (χ1n) is 6.81. The molecule has 5 nitrogen and oxygen atoms in total. The van der Waals surface area contributed by atoms with Crippen molar-refractivity contribution in [2.45, 2.75) is 32.9 Å². The van der Waals surface area contributed by atoms with Crippen molar-refractivity contribution < 1.29 is 9.47 Å². The summed E-state index contributed by atoms with van der Waals surface area (Å²) in [5, 5.41) is 4.24. The Bertz CT molecular complexity index is 354. The van der Waals surface area contributed by atoms with E-state index in [0.717, 1.165) is 45.0 Å². The van der Waals surface area contributed by atoms with Crippen LogP contribution in [0.15, 0.2) is 12.4 Å². The number of rotatable bonds is 6. The highest BCUT2D eigenvalue weighted by Gasteiger charge is 2.19. The highest BCUT2D eigenvalue weighted by atomic mass is 16.5. The summed E-state index contributed by atoms with van der Waals surface area (Å²) in [7, 11) is 0. The molecule has 2 heterocycles. The molecule has 0 aliphatic carbocycles. The maximum Gasteiger partial charge on any atom is 0.157 e. The lowest BCUT2D eigenvalue weighted by Gasteiger charge is -2.31. The van der Waals surface area contributed by atoms with E-state index in [1.165, 1.54) is 0 Å². The molecular weight excluding hydrogens is 230 g/mol. The topological polar surface area (TPSA) is 39.5 Å². The van der Waals surface area contributed by atoms with Crippen LogP contribution in [-0.4, -0.2) is 53.6 Å². The molecule has 1 unspecified atom stereocenters. The lowest BCUT2D eigenvalue weighted by Crippen LogP contribution is -2.44. The van der Waals surface area contributed by atoms with Gasteiger partial charge in [-0.05, 0) is 13.0 Å². The molecule has 0 bridgehead atoms. The van der Waals surface area contributed by atoms with Gasteiger partial charge in [0.05, 0.1) is 19.0 Å². The molecule has 0 aromatic carbocycles. The van der Waals surface area contributed by atoms with Crippen LogP contribution in [0.2, 0.25) is 0 Å². The van der Waals surface area contributed by atoms with Crippen molar-refractivity contribution >= 4 is 0 Å². The number of nitrogens with zero attached hydrogens (tertiary/aromatic N) is 3. The number of likely N-dealkylation sites (N-methyl/N-ethyl adjacent to an activating group) is 1. The average Bonchev–Trinajstić information content (AvgIpc) is 2.85. The molecule has 102 valence electrons. The molecule has 1 fully saturated rings. The van der Waals surface area contributed by atoms with E-state index in [1.807, 2.05) is 10.9 Å². The molecule has 1 aromatic heterocycles. The van der Waals surface area contributed by atoms with Crippen LogP contribution in [0.1, 0.15) is 20.3 Å². The number of ether oxygens (including phenoxy) is 2. The van der Waals surface area contributed by atoms with Gasteiger partial charge in [0.15, 0.2) is 5.75 Å². The van der Waals surface area contributed by atoms with Crippen molar-refractivity contribution in [3.8, 4) is 5.75 Å². The van der Waals surface area contributed by atoms with Crippen LogP contribution in [0, 0.1) is 0 Å². The summed E-state index contributed by atoms with van der Waals surface area (Å²) in [5.74, 6) is 0.834. The predicted octanol–water partition coefficient (Wildman–Crippen LogP) is 1.39. The lowest BCUT2D eigenvalue weighted by molar-refractivity contribution is -0.0464. The molecule has 1 aliphatic rings. The number of aryl methyl sites for hydroxylation is 1. The van der Waals surface area contributed by atoms with Crippen molar-refractivity contribution in [3.05, 3.63) is 12.4 Å². The monoisotopic (exact) mass is 253 g/mol. The fourth-order valence-electron chi connectivity index (χ4n) is 2.13. The normalized spacial score (nSPS) is 21.1. The molecule has 0 amide bonds. The smallest absolute Gasteiger partial charge is 0.157 e. The fourth-order valence-corrected chi connectivity index (χ4v) is 2.13. The van der Waals surface area contributed by atoms with E-state index in [9.17, 15) is 0 Å². The van der Waals surface area contributed by atoms with E-state index < -0.39 is 0 Å². The second kappa shape index (κ2) is 6.75. The Labute approximate surface area is 109 Å². The van der Waals surface area contributed by atoms with Crippen molar-refractivity contribution in [2.24, 2.45) is 0 Å². The highest BCUT2D eigenvalue weighted by Crippen LogP contribution is 2.11. The van der Waals surface area contributed by atoms with Crippen molar-refractivity contribution in [3.63, 3.8) is 0 Å². The van der Waals surface area contributed by atoms with Crippen LogP contribution in [0.5, 0.6) is 5.75 Å². The van der Waals surface area contributed by atoms with E-state index >= 15 is 0 Å². The van der Waals surface area contributed by atoms with Crippen LogP contribution in [0.25, 0.3) is 0 Å². The molecule has 0 radical (unpaired) electrons. The van der Waals surface area contributed by atoms with Crippen molar-refractivity contribution in [1.82, 2.24) is 14.7 Å². The first-order valence-corrected chi connectivity index (χ1v) is 6.81. The van der Waals surface area contributed by atoms with Crippen LogP contribution in [0.4, 0.5) is 0 Å². The third-order valence-corrected chi connectivity index (χ3v) is 3.17. The minimum atomic E-state index is 0.174. The van der Waals surface area contributed by atoms with E-state index in [-0.39, 0.29) is 6.10 Å². The van der Waals surface area contributed by atoms with Crippen molar-refractivity contribution in [1.29, 1.82) is 0 Å². The Morgan fingerprint density at radius 1 is 1.50 bits per heavy atom. The summed E-state index contributed by atoms with van der Waals surface area (Å²) < 4.78 is 13.3. The molecule has 0 saturated carbocycles. The van der Waals surface area contributed by atoms with Gasteiger partial charge in [-0.3, -0.25) is 9.58 Å². The van der Waals surface area contributed by atoms with Crippen LogP contribution in [-0.2, 0) is 11.3 Å². The molecule has 1 atom stereocenters. The first-order chi connectivity index (χ1) is 8.81. The van der Waals surface area contributed by atoms with Gasteiger partial charge in [0.2, 0.25) is 0 Å². The van der Waals surface area contributed by atoms with E-state index in [0.29, 0.717) is 6.61 Å². The minimum absolute atomic E-state index is 0.174. The Morgan fingerprint density at radius 3 is 3.17 bits per heavy atom. The van der Waals surface area contributed by atoms with Gasteiger partial charge in [0, 0.05) is 19.6 Å². The number of hydrogen-bond donors (Lipinski definition) is 0. The first kappa shape index (κ1) is 13.4. The Kier molecular flexibility index (Phi) is 5.01. The third-order valence-electron chi connectivity index (χ3n) is 3.17. The Balaban J connectivity index is 1.76. The zero-order chi connectivity index (χ0) is 12.8. The summed E-state index contributed by atoms with van der Waals surface area (Å²) in [6.45, 7) is 9.73. The molecule has 0 N–H and O–H groups in total. The van der Waals surface area contributed by atoms with E-state index in [1.54, 1.807) is 6.20 Å². The fraction of sp³-hybridized carbons (Fsp3) is 0.769.